The van der Waals surface area contributed by atoms with E-state index in [1.165, 1.54) is 49.0 Å². The molecule has 3 aromatic rings. The molecule has 3 aliphatic rings. The lowest BCUT2D eigenvalue weighted by Gasteiger charge is -2.59. The number of nitrogens with zero attached hydrogens (tertiary/aromatic N) is 4. The third-order valence-electron chi connectivity index (χ3n) is 16.9. The molecule has 2 fully saturated rings. The zero-order valence-corrected chi connectivity index (χ0v) is 55.7. The van der Waals surface area contributed by atoms with Gasteiger partial charge in [0.25, 0.3) is 0 Å². The van der Waals surface area contributed by atoms with Crippen molar-refractivity contribution in [2.45, 2.75) is 147 Å². The van der Waals surface area contributed by atoms with Gasteiger partial charge >= 0.3 is 11.9 Å². The highest BCUT2D eigenvalue weighted by molar-refractivity contribution is 6.35. The average Bonchev–Trinajstić information content (AvgIpc) is 0.725. The second-order valence-corrected chi connectivity index (χ2v) is 24.2. The second kappa shape index (κ2) is 35.2. The van der Waals surface area contributed by atoms with Crippen molar-refractivity contribution < 1.29 is 81.3 Å². The lowest BCUT2D eigenvalue weighted by atomic mass is 9.70. The van der Waals surface area contributed by atoms with Crippen molar-refractivity contribution in [1.82, 2.24) is 15.1 Å². The van der Waals surface area contributed by atoms with Gasteiger partial charge < -0.3 is 72.7 Å². The van der Waals surface area contributed by atoms with Crippen LogP contribution in [0.25, 0.3) is 0 Å². The van der Waals surface area contributed by atoms with Gasteiger partial charge in [-0.25, -0.2) is 4.79 Å². The van der Waals surface area contributed by atoms with Crippen LogP contribution in [0, 0.1) is 11.8 Å². The molecule has 5 amide bonds. The van der Waals surface area contributed by atoms with Gasteiger partial charge in [-0.15, -0.1) is 6.58 Å². The molecule has 92 heavy (non-hydrogen) atoms. The van der Waals surface area contributed by atoms with Crippen LogP contribution in [-0.4, -0.2) is 199 Å². The van der Waals surface area contributed by atoms with Gasteiger partial charge in [-0.3, -0.25) is 28.8 Å². The van der Waals surface area contributed by atoms with Crippen LogP contribution in [0.4, 0.5) is 11.4 Å². The van der Waals surface area contributed by atoms with E-state index in [-0.39, 0.29) is 100 Å². The van der Waals surface area contributed by atoms with Crippen LogP contribution in [0.1, 0.15) is 115 Å². The number of hydrogen-bond acceptors (Lipinski definition) is 17. The van der Waals surface area contributed by atoms with Crippen molar-refractivity contribution in [3.05, 3.63) is 112 Å². The monoisotopic (exact) mass is 1300 g/mol. The Morgan fingerprint density at radius 3 is 2.13 bits per heavy atom. The maximum absolute atomic E-state index is 14.4. The molecule has 6 rings (SSSR count). The fourth-order valence-electron chi connectivity index (χ4n) is 11.3. The van der Waals surface area contributed by atoms with Crippen LogP contribution in [0.3, 0.4) is 0 Å². The summed E-state index contributed by atoms with van der Waals surface area (Å²) < 4.78 is 51.9. The van der Waals surface area contributed by atoms with Crippen LogP contribution >= 0.6 is 11.6 Å². The number of carbonyl (C=O) groups is 7. The minimum absolute atomic E-state index is 0.0440. The molecule has 0 radical (unpaired) electrons. The maximum atomic E-state index is 14.4. The van der Waals surface area contributed by atoms with Crippen molar-refractivity contribution >= 4 is 64.5 Å². The van der Waals surface area contributed by atoms with E-state index in [0.29, 0.717) is 70.6 Å². The van der Waals surface area contributed by atoms with Gasteiger partial charge in [0, 0.05) is 91.0 Å². The Morgan fingerprint density at radius 2 is 1.48 bits per heavy atom. The van der Waals surface area contributed by atoms with E-state index in [9.17, 15) is 38.7 Å². The number of esters is 2. The van der Waals surface area contributed by atoms with Gasteiger partial charge in [0.15, 0.2) is 0 Å². The predicted molar refractivity (Wildman–Crippen MR) is 346 cm³/mol. The lowest BCUT2D eigenvalue weighted by molar-refractivity contribution is -0.330. The van der Waals surface area contributed by atoms with Gasteiger partial charge in [0.05, 0.1) is 90.7 Å². The number of nitrogens with one attached hydrogen (secondary N) is 1. The molecule has 502 valence electrons. The van der Waals surface area contributed by atoms with Crippen LogP contribution in [0.15, 0.2) is 85.0 Å². The summed E-state index contributed by atoms with van der Waals surface area (Å²) in [7, 11) is 7.54. The first-order chi connectivity index (χ1) is 43.9. The number of allylic oxidation sites excluding steroid dienone is 2. The average molecular weight is 1300 g/mol. The fourth-order valence-corrected chi connectivity index (χ4v) is 11.6. The van der Waals surface area contributed by atoms with Gasteiger partial charge in [-0.1, -0.05) is 71.5 Å². The summed E-state index contributed by atoms with van der Waals surface area (Å²) >= 11 is 6.81. The van der Waals surface area contributed by atoms with E-state index in [1.54, 1.807) is 45.0 Å². The molecule has 3 heterocycles. The van der Waals surface area contributed by atoms with E-state index >= 15 is 0 Å². The van der Waals surface area contributed by atoms with Crippen molar-refractivity contribution in [3.63, 3.8) is 0 Å². The molecule has 7 atom stereocenters. The molecule has 2 saturated heterocycles. The number of rotatable bonds is 36. The predicted octanol–water partition coefficient (Wildman–Crippen LogP) is 7.08. The standard InChI is InChI=1S/C69H92ClN5O17/c1-12-47(3)39-49-40-54(65(70)55(41-49)84-10)74(9)63(80)42-57(67(5)46-68(6,92-67)58-43-69(83,44-64(81)90-58)56(13-2)85-11)91-66(82)48(4)73(8)61(78)24-18-23-60(77)72(7)30-32-87-34-36-89-38-37-88-35-33-86-31-28-59(76)71-29-27-62(79)75-45-52-21-15-14-19-50(52)25-26-51-20-16-17-22-53(51)75/h12-17,19-22,40-41,48,56-58,83H,2,18,23-24,27-39,42-46H2,1,3-11H3,(H,71,76)/b47-12-/t48-,56+,57-,58-,67+,68+,69+/m0/s1. The van der Waals surface area contributed by atoms with E-state index in [2.05, 4.69) is 23.7 Å². The molecule has 0 spiro atoms. The summed E-state index contributed by atoms with van der Waals surface area (Å²) in [6, 6.07) is 17.8. The Hall–Kier alpha value is -7.20. The third-order valence-corrected chi connectivity index (χ3v) is 17.3. The molecule has 3 aromatic carbocycles. The lowest BCUT2D eigenvalue weighted by Crippen LogP contribution is -2.70. The summed E-state index contributed by atoms with van der Waals surface area (Å²) in [4.78, 5) is 99.8. The quantitative estimate of drug-likeness (QED) is 0.0255. The summed E-state index contributed by atoms with van der Waals surface area (Å²) in [6.07, 6.45) is 0.750. The zero-order chi connectivity index (χ0) is 67.2. The number of methoxy groups -OCH3 is 2. The molecule has 22 nitrogen and oxygen atoms in total. The summed E-state index contributed by atoms with van der Waals surface area (Å²) in [5, 5.41) is 14.6. The molecule has 0 aliphatic carbocycles. The number of para-hydroxylation sites is 1. The van der Waals surface area contributed by atoms with Gasteiger partial charge in [0.1, 0.15) is 51.9 Å². The zero-order valence-electron chi connectivity index (χ0n) is 54.9. The summed E-state index contributed by atoms with van der Waals surface area (Å²) in [6.45, 7) is 15.8. The van der Waals surface area contributed by atoms with Crippen molar-refractivity contribution in [2.75, 3.05) is 111 Å². The number of likely N-dealkylation sites (N-methyl/N-ethyl adjacent to an activating group) is 2. The fraction of sp³-hybridized carbons (Fsp3) is 0.551. The van der Waals surface area contributed by atoms with Crippen LogP contribution in [0.2, 0.25) is 5.02 Å². The third kappa shape index (κ3) is 20.4. The minimum atomic E-state index is -1.64. The summed E-state index contributed by atoms with van der Waals surface area (Å²) in [5.74, 6) is 3.86. The van der Waals surface area contributed by atoms with E-state index in [1.807, 2.05) is 68.5 Å². The van der Waals surface area contributed by atoms with Crippen molar-refractivity contribution in [2.24, 2.45) is 0 Å². The Morgan fingerprint density at radius 1 is 0.859 bits per heavy atom. The number of cyclic esters (lactones) is 1. The van der Waals surface area contributed by atoms with Crippen LogP contribution < -0.4 is 19.9 Å². The number of anilines is 2. The number of aliphatic hydroxyl groups is 1. The van der Waals surface area contributed by atoms with Crippen molar-refractivity contribution in [3.8, 4) is 17.6 Å². The van der Waals surface area contributed by atoms with Crippen molar-refractivity contribution in [1.29, 1.82) is 0 Å². The topological polar surface area (TPSA) is 248 Å². The van der Waals surface area contributed by atoms with Crippen LogP contribution in [0.5, 0.6) is 5.75 Å². The smallest absolute Gasteiger partial charge is 0.328 e. The number of ether oxygens (including phenoxy) is 9. The normalized spacial score (nSPS) is 20.2. The Kier molecular flexibility index (Phi) is 28.2. The first-order valence-corrected chi connectivity index (χ1v) is 31.6. The van der Waals surface area contributed by atoms with E-state index in [0.717, 1.165) is 33.5 Å². The first-order valence-electron chi connectivity index (χ1n) is 31.2. The SMILES string of the molecule is C=C[C@@H](OC)[C@]1(O)CC(=O)O[C@H]([C@@]2(C)C[C@](C)([C@H](CC(=O)N(C)c3cc(C/C(C)=C\C)cc(OC)c3Cl)OC(=O)[C@H](C)N(C)C(=O)CCCC(=O)N(C)CCOCCOCCOCCOCCC(=O)NCCC(=O)N3Cc4ccccc4C#Cc4ccccc43)O2)C1. The largest absolute Gasteiger partial charge is 0.495 e. The maximum Gasteiger partial charge on any atom is 0.328 e. The van der Waals surface area contributed by atoms with E-state index in [4.69, 9.17) is 54.2 Å². The van der Waals surface area contributed by atoms with E-state index < -0.39 is 64.9 Å². The van der Waals surface area contributed by atoms with Gasteiger partial charge in [-0.2, -0.15) is 0 Å². The molecular formula is C69H92ClN5O17. The molecule has 3 aliphatic heterocycles. The Balaban J connectivity index is 0.859. The summed E-state index contributed by atoms with van der Waals surface area (Å²) in [5.41, 5.74) is 1.48. The molecule has 0 saturated carbocycles. The second-order valence-electron chi connectivity index (χ2n) is 23.8. The molecule has 0 bridgehead atoms. The highest BCUT2D eigenvalue weighted by atomic mass is 35.5. The minimum Gasteiger partial charge on any atom is -0.495 e. The van der Waals surface area contributed by atoms with Crippen LogP contribution in [-0.2, 0) is 84.4 Å². The Labute approximate surface area is 546 Å². The number of carbonyl (C=O) groups excluding carboxylic acids is 7. The molecular weight excluding hydrogens is 1210 g/mol. The number of amides is 5. The molecule has 23 heteroatoms. The molecule has 2 N–H and O–H groups in total. The first kappa shape index (κ1) is 73.8. The number of halogens is 1. The highest BCUT2D eigenvalue weighted by Gasteiger charge is 2.63. The van der Waals surface area contributed by atoms with Gasteiger partial charge in [0.2, 0.25) is 29.5 Å². The van der Waals surface area contributed by atoms with Gasteiger partial charge in [-0.05, 0) is 88.9 Å². The molecule has 0 aromatic heterocycles. The highest BCUT2D eigenvalue weighted by Crippen LogP contribution is 2.51. The number of benzene rings is 3. The number of fused-ring (bicyclic) bond motifs is 2. The Bertz CT molecular complexity index is 3160. The molecule has 0 unspecified atom stereocenters. The number of hydrogen-bond donors (Lipinski definition) is 2.